The molecule has 14 heavy (non-hydrogen) atoms. The van der Waals surface area contributed by atoms with Gasteiger partial charge < -0.3 is 4.89 Å². The third-order valence-corrected chi connectivity index (χ3v) is 1.43. The van der Waals surface area contributed by atoms with Gasteiger partial charge in [0.1, 0.15) is 0 Å². The summed E-state index contributed by atoms with van der Waals surface area (Å²) in [7, 11) is 1.31. The Balaban J connectivity index is 3.05. The second-order valence-electron chi connectivity index (χ2n) is 2.24. The molecule has 0 N–H and O–H groups in total. The zero-order valence-corrected chi connectivity index (χ0v) is 7.38. The fraction of sp³-hybridized carbons (Fsp3) is 0.125. The van der Waals surface area contributed by atoms with Gasteiger partial charge in [0.25, 0.3) is 5.91 Å². The highest BCUT2D eigenvalue weighted by Gasteiger charge is 2.10. The van der Waals surface area contributed by atoms with Crippen LogP contribution < -0.4 is 4.89 Å². The molecule has 0 heterocycles. The van der Waals surface area contributed by atoms with Crippen molar-refractivity contribution in [1.29, 1.82) is 0 Å². The molecule has 0 aliphatic carbocycles. The van der Waals surface area contributed by atoms with E-state index >= 15 is 0 Å². The number of hydrogen-bond acceptors (Lipinski definition) is 3. The van der Waals surface area contributed by atoms with E-state index in [1.165, 1.54) is 19.2 Å². The van der Waals surface area contributed by atoms with Crippen LogP contribution in [-0.2, 0) is 4.89 Å². The molecule has 1 aromatic carbocycles. The van der Waals surface area contributed by atoms with Gasteiger partial charge in [-0.25, -0.2) is 0 Å². The molecule has 1 rings (SSSR count). The van der Waals surface area contributed by atoms with Crippen LogP contribution in [0.15, 0.2) is 29.4 Å². The molecular weight excluding hydrogens is 186 g/mol. The second kappa shape index (κ2) is 4.86. The van der Waals surface area contributed by atoms with E-state index in [1.54, 1.807) is 12.1 Å². The van der Waals surface area contributed by atoms with Gasteiger partial charge in [0, 0.05) is 4.91 Å². The molecule has 0 saturated carbocycles. The third kappa shape index (κ3) is 2.22. The molecular formula is C8H7N3O3. The molecule has 0 fully saturated rings. The number of hydrogen-bond donors (Lipinski definition) is 0. The fourth-order valence-corrected chi connectivity index (χ4v) is 0.900. The minimum Gasteiger partial charge on any atom is -0.337 e. The van der Waals surface area contributed by atoms with Crippen molar-refractivity contribution in [2.24, 2.45) is 5.11 Å². The maximum Gasteiger partial charge on any atom is 0.253 e. The molecule has 0 unspecified atom stereocenters. The first-order chi connectivity index (χ1) is 6.79. The molecule has 0 bridgehead atoms. The zero-order chi connectivity index (χ0) is 10.4. The summed E-state index contributed by atoms with van der Waals surface area (Å²) >= 11 is 0. The standard InChI is InChI=1S/C8H7N3O3/c1-13-14-7-5-3-2-4-6(7)8(12)10-11-9/h2-5H,1H3. The number of azide groups is 1. The molecule has 0 aliphatic heterocycles. The monoisotopic (exact) mass is 193 g/mol. The Kier molecular flexibility index (Phi) is 3.49. The number of rotatable bonds is 3. The molecule has 0 aromatic heterocycles. The Labute approximate surface area is 79.6 Å². The first kappa shape index (κ1) is 10.0. The normalized spacial score (nSPS) is 8.93. The quantitative estimate of drug-likeness (QED) is 0.242. The van der Waals surface area contributed by atoms with E-state index in [9.17, 15) is 4.79 Å². The summed E-state index contributed by atoms with van der Waals surface area (Å²) in [6.45, 7) is 0. The smallest absolute Gasteiger partial charge is 0.253 e. The van der Waals surface area contributed by atoms with E-state index in [2.05, 4.69) is 14.9 Å². The van der Waals surface area contributed by atoms with Gasteiger partial charge in [-0.05, 0) is 22.8 Å². The van der Waals surface area contributed by atoms with Crippen molar-refractivity contribution < 1.29 is 14.6 Å². The highest BCUT2D eigenvalue weighted by Crippen LogP contribution is 2.18. The fourth-order valence-electron chi connectivity index (χ4n) is 0.900. The summed E-state index contributed by atoms with van der Waals surface area (Å²) < 4.78 is 0. The summed E-state index contributed by atoms with van der Waals surface area (Å²) in [5, 5.41) is 2.94. The molecule has 1 amide bonds. The first-order valence-corrected chi connectivity index (χ1v) is 3.68. The average Bonchev–Trinajstić information content (AvgIpc) is 2.19. The summed E-state index contributed by atoms with van der Waals surface area (Å²) in [6, 6.07) is 6.30. The van der Waals surface area contributed by atoms with E-state index in [0.29, 0.717) is 0 Å². The Morgan fingerprint density at radius 1 is 1.50 bits per heavy atom. The van der Waals surface area contributed by atoms with E-state index in [-0.39, 0.29) is 11.3 Å². The molecule has 0 saturated heterocycles. The van der Waals surface area contributed by atoms with Crippen LogP contribution >= 0.6 is 0 Å². The lowest BCUT2D eigenvalue weighted by atomic mass is 10.2. The van der Waals surface area contributed by atoms with Crippen molar-refractivity contribution in [3.8, 4) is 5.75 Å². The van der Waals surface area contributed by atoms with Crippen LogP contribution in [0.1, 0.15) is 10.4 Å². The van der Waals surface area contributed by atoms with Crippen molar-refractivity contribution in [3.63, 3.8) is 0 Å². The Morgan fingerprint density at radius 3 is 2.86 bits per heavy atom. The van der Waals surface area contributed by atoms with E-state index < -0.39 is 5.91 Å². The number of amides is 1. The lowest BCUT2D eigenvalue weighted by molar-refractivity contribution is -0.178. The van der Waals surface area contributed by atoms with Crippen LogP contribution in [0.25, 0.3) is 10.4 Å². The molecule has 0 atom stereocenters. The SMILES string of the molecule is COOc1ccccc1C(=O)N=[N+]=[N-]. The molecule has 6 heteroatoms. The number of para-hydroxylation sites is 1. The Morgan fingerprint density at radius 2 is 2.21 bits per heavy atom. The van der Waals surface area contributed by atoms with Crippen LogP contribution in [0.2, 0.25) is 0 Å². The number of benzene rings is 1. The van der Waals surface area contributed by atoms with Gasteiger partial charge in [0.15, 0.2) is 5.75 Å². The summed E-state index contributed by atoms with van der Waals surface area (Å²) in [6.07, 6.45) is 0. The third-order valence-electron chi connectivity index (χ3n) is 1.43. The maximum atomic E-state index is 11.2. The van der Waals surface area contributed by atoms with Gasteiger partial charge in [-0.1, -0.05) is 12.1 Å². The minimum absolute atomic E-state index is 0.159. The maximum absolute atomic E-state index is 11.2. The molecule has 72 valence electrons. The van der Waals surface area contributed by atoms with Gasteiger partial charge in [0.05, 0.1) is 12.7 Å². The van der Waals surface area contributed by atoms with Gasteiger partial charge in [-0.15, -0.1) is 0 Å². The second-order valence-corrected chi connectivity index (χ2v) is 2.24. The summed E-state index contributed by atoms with van der Waals surface area (Å²) in [5.74, 6) is -0.493. The molecule has 6 nitrogen and oxygen atoms in total. The Bertz CT molecular complexity index is 385. The van der Waals surface area contributed by atoms with Gasteiger partial charge >= 0.3 is 0 Å². The lowest BCUT2D eigenvalue weighted by Crippen LogP contribution is -2.00. The van der Waals surface area contributed by atoms with Crippen LogP contribution in [0, 0.1) is 0 Å². The minimum atomic E-state index is -0.708. The van der Waals surface area contributed by atoms with Gasteiger partial charge in [0.2, 0.25) is 0 Å². The topological polar surface area (TPSA) is 84.3 Å². The highest BCUT2D eigenvalue weighted by atomic mass is 17.2. The van der Waals surface area contributed by atoms with Gasteiger partial charge in [-0.2, -0.15) is 4.89 Å². The molecule has 0 spiro atoms. The molecule has 0 radical (unpaired) electrons. The van der Waals surface area contributed by atoms with E-state index in [0.717, 1.165) is 0 Å². The molecule has 1 aromatic rings. The Hall–Kier alpha value is -2.04. The van der Waals surface area contributed by atoms with E-state index in [4.69, 9.17) is 10.4 Å². The number of carbonyl (C=O) groups is 1. The average molecular weight is 193 g/mol. The summed E-state index contributed by atoms with van der Waals surface area (Å²) in [4.78, 5) is 22.7. The lowest BCUT2D eigenvalue weighted by Gasteiger charge is -2.03. The van der Waals surface area contributed by atoms with Crippen molar-refractivity contribution in [3.05, 3.63) is 40.3 Å². The van der Waals surface area contributed by atoms with Crippen molar-refractivity contribution in [2.45, 2.75) is 0 Å². The summed E-state index contributed by atoms with van der Waals surface area (Å²) in [5.41, 5.74) is 8.24. The molecule has 0 aliphatic rings. The zero-order valence-electron chi connectivity index (χ0n) is 7.38. The van der Waals surface area contributed by atoms with E-state index in [1.807, 2.05) is 0 Å². The van der Waals surface area contributed by atoms with Crippen LogP contribution in [0.5, 0.6) is 5.75 Å². The predicted octanol–water partition coefficient (Wildman–Crippen LogP) is 2.08. The number of nitrogens with zero attached hydrogens (tertiary/aromatic N) is 3. The van der Waals surface area contributed by atoms with Crippen molar-refractivity contribution >= 4 is 5.91 Å². The largest absolute Gasteiger partial charge is 0.337 e. The first-order valence-electron chi connectivity index (χ1n) is 3.68. The number of carbonyl (C=O) groups excluding carboxylic acids is 1. The predicted molar refractivity (Wildman–Crippen MR) is 47.6 cm³/mol. The van der Waals surface area contributed by atoms with Crippen LogP contribution in [0.3, 0.4) is 0 Å². The van der Waals surface area contributed by atoms with Crippen LogP contribution in [-0.4, -0.2) is 13.0 Å². The van der Waals surface area contributed by atoms with Crippen LogP contribution in [0.4, 0.5) is 0 Å². The highest BCUT2D eigenvalue weighted by molar-refractivity contribution is 5.97. The van der Waals surface area contributed by atoms with Crippen molar-refractivity contribution in [1.82, 2.24) is 0 Å². The van der Waals surface area contributed by atoms with Crippen molar-refractivity contribution in [2.75, 3.05) is 7.11 Å². The van der Waals surface area contributed by atoms with Gasteiger partial charge in [-0.3, -0.25) is 4.79 Å².